The number of carbonyl (C=O) groups is 1. The Balaban J connectivity index is 1.32. The molecule has 1 N–H and O–H groups in total. The maximum atomic E-state index is 13.5. The first-order valence-electron chi connectivity index (χ1n) is 13.6. The number of nitrogens with one attached hydrogen (secondary N) is 1. The van der Waals surface area contributed by atoms with Crippen molar-refractivity contribution in [2.24, 2.45) is 5.10 Å². The largest absolute Gasteiger partial charge is 0.487 e. The lowest BCUT2D eigenvalue weighted by Crippen LogP contribution is -2.30. The molecule has 0 fully saturated rings. The van der Waals surface area contributed by atoms with E-state index in [1.165, 1.54) is 5.01 Å². The molecule has 7 nitrogen and oxygen atoms in total. The lowest BCUT2D eigenvalue weighted by Gasteiger charge is -2.19. The number of ether oxygens (including phenoxy) is 3. The van der Waals surface area contributed by atoms with Crippen molar-refractivity contribution in [1.29, 1.82) is 0 Å². The molecule has 6 rings (SSSR count). The predicted molar refractivity (Wildman–Crippen MR) is 152 cm³/mol. The van der Waals surface area contributed by atoms with Crippen LogP contribution in [0, 0.1) is 0 Å². The summed E-state index contributed by atoms with van der Waals surface area (Å²) in [6, 6.07) is 19.8. The Hall–Kier alpha value is -4.00. The maximum Gasteiger partial charge on any atom is 0.342 e. The molecule has 0 aliphatic carbocycles. The molecule has 3 aliphatic heterocycles. The van der Waals surface area contributed by atoms with Crippen LogP contribution in [-0.2, 0) is 6.42 Å². The number of hydrogen-bond acceptors (Lipinski definition) is 5. The Morgan fingerprint density at radius 1 is 0.974 bits per heavy atom. The summed E-state index contributed by atoms with van der Waals surface area (Å²) in [7, 11) is 0. The Bertz CT molecular complexity index is 1480. The van der Waals surface area contributed by atoms with Crippen molar-refractivity contribution in [3.05, 3.63) is 82.9 Å². The van der Waals surface area contributed by atoms with E-state index in [0.29, 0.717) is 6.54 Å². The lowest BCUT2D eigenvalue weighted by atomic mass is 9.87. The van der Waals surface area contributed by atoms with Crippen molar-refractivity contribution in [3.63, 3.8) is 0 Å². The zero-order valence-electron chi connectivity index (χ0n) is 23.4. The van der Waals surface area contributed by atoms with Crippen LogP contribution in [-0.4, -0.2) is 34.7 Å². The molecule has 3 aliphatic rings. The van der Waals surface area contributed by atoms with Crippen LogP contribution in [0.25, 0.3) is 0 Å². The molecule has 0 aromatic heterocycles. The molecule has 2 amide bonds. The van der Waals surface area contributed by atoms with E-state index < -0.39 is 5.79 Å². The smallest absolute Gasteiger partial charge is 0.342 e. The topological polar surface area (TPSA) is 72.4 Å². The number of benzene rings is 3. The SMILES string of the molecule is CC(C)c1cc(C2CN(C(=O)Nc3ccc4c(c3)CC(C)(C)O4)N=C2c2ccccc2)cc2c1OC(C)(C)O2. The maximum absolute atomic E-state index is 13.5. The summed E-state index contributed by atoms with van der Waals surface area (Å²) >= 11 is 0. The van der Waals surface area contributed by atoms with Crippen LogP contribution in [0.5, 0.6) is 17.2 Å². The number of carbonyl (C=O) groups excluding carboxylic acids is 1. The second-order valence-corrected chi connectivity index (χ2v) is 12.0. The van der Waals surface area contributed by atoms with Crippen molar-refractivity contribution in [1.82, 2.24) is 5.01 Å². The van der Waals surface area contributed by atoms with E-state index in [1.807, 2.05) is 68.4 Å². The summed E-state index contributed by atoms with van der Waals surface area (Å²) < 4.78 is 18.3. The van der Waals surface area contributed by atoms with E-state index in [9.17, 15) is 4.79 Å². The van der Waals surface area contributed by atoms with Gasteiger partial charge in [0.25, 0.3) is 0 Å². The number of nitrogens with zero attached hydrogens (tertiary/aromatic N) is 2. The summed E-state index contributed by atoms with van der Waals surface area (Å²) in [5, 5.41) is 9.42. The van der Waals surface area contributed by atoms with Crippen LogP contribution in [0.3, 0.4) is 0 Å². The Labute approximate surface area is 229 Å². The third-order valence-electron chi connectivity index (χ3n) is 7.37. The van der Waals surface area contributed by atoms with E-state index in [1.54, 1.807) is 0 Å². The number of urea groups is 1. The number of rotatable bonds is 4. The molecule has 7 heteroatoms. The molecule has 202 valence electrons. The fraction of sp³-hybridized carbons (Fsp3) is 0.375. The molecule has 3 heterocycles. The van der Waals surface area contributed by atoms with Crippen LogP contribution >= 0.6 is 0 Å². The Morgan fingerprint density at radius 3 is 2.49 bits per heavy atom. The molecular formula is C32H35N3O4. The predicted octanol–water partition coefficient (Wildman–Crippen LogP) is 7.07. The van der Waals surface area contributed by atoms with Gasteiger partial charge in [-0.15, -0.1) is 0 Å². The van der Waals surface area contributed by atoms with E-state index in [2.05, 4.69) is 39.1 Å². The highest BCUT2D eigenvalue weighted by Gasteiger charge is 2.38. The molecule has 1 unspecified atom stereocenters. The number of amides is 2. The minimum absolute atomic E-state index is 0.123. The van der Waals surface area contributed by atoms with Gasteiger partial charge in [0, 0.05) is 43.0 Å². The zero-order valence-corrected chi connectivity index (χ0v) is 23.4. The average Bonchev–Trinajstić information content (AvgIpc) is 3.54. The van der Waals surface area contributed by atoms with Crippen LogP contribution in [0.1, 0.15) is 75.6 Å². The van der Waals surface area contributed by atoms with E-state index in [4.69, 9.17) is 19.3 Å². The molecule has 3 aromatic rings. The third-order valence-corrected chi connectivity index (χ3v) is 7.37. The molecule has 3 aromatic carbocycles. The minimum Gasteiger partial charge on any atom is -0.487 e. The van der Waals surface area contributed by atoms with Crippen molar-refractivity contribution in [3.8, 4) is 17.2 Å². The highest BCUT2D eigenvalue weighted by atomic mass is 16.7. The summed E-state index contributed by atoms with van der Waals surface area (Å²) in [5.74, 6) is 1.80. The van der Waals surface area contributed by atoms with Crippen molar-refractivity contribution in [2.75, 3.05) is 11.9 Å². The average molecular weight is 526 g/mol. The summed E-state index contributed by atoms with van der Waals surface area (Å²) in [5.41, 5.74) is 5.56. The van der Waals surface area contributed by atoms with Gasteiger partial charge in [-0.05, 0) is 55.2 Å². The number of hydrazone groups is 1. The number of fused-ring (bicyclic) bond motifs is 2. The van der Waals surface area contributed by atoms with Crippen LogP contribution < -0.4 is 19.5 Å². The van der Waals surface area contributed by atoms with Crippen LogP contribution in [0.4, 0.5) is 10.5 Å². The van der Waals surface area contributed by atoms with Crippen LogP contribution in [0.2, 0.25) is 0 Å². The number of anilines is 1. The van der Waals surface area contributed by atoms with Gasteiger partial charge in [0.1, 0.15) is 11.4 Å². The zero-order chi connectivity index (χ0) is 27.5. The molecule has 0 bridgehead atoms. The van der Waals surface area contributed by atoms with Crippen LogP contribution in [0.15, 0.2) is 65.8 Å². The quantitative estimate of drug-likeness (QED) is 0.396. The van der Waals surface area contributed by atoms with E-state index >= 15 is 0 Å². The van der Waals surface area contributed by atoms with E-state index in [0.717, 1.165) is 57.3 Å². The Morgan fingerprint density at radius 2 is 1.74 bits per heavy atom. The lowest BCUT2D eigenvalue weighted by molar-refractivity contribution is -0.0435. The van der Waals surface area contributed by atoms with Gasteiger partial charge < -0.3 is 19.5 Å². The van der Waals surface area contributed by atoms with Gasteiger partial charge in [-0.2, -0.15) is 5.10 Å². The first kappa shape index (κ1) is 25.3. The van der Waals surface area contributed by atoms with Gasteiger partial charge in [-0.3, -0.25) is 0 Å². The monoisotopic (exact) mass is 525 g/mol. The van der Waals surface area contributed by atoms with Gasteiger partial charge in [0.05, 0.1) is 12.3 Å². The second kappa shape index (κ2) is 9.04. The number of hydrogen-bond donors (Lipinski definition) is 1. The van der Waals surface area contributed by atoms with Crippen molar-refractivity contribution < 1.29 is 19.0 Å². The highest BCUT2D eigenvalue weighted by molar-refractivity contribution is 6.08. The fourth-order valence-corrected chi connectivity index (χ4v) is 5.63. The first-order chi connectivity index (χ1) is 18.5. The van der Waals surface area contributed by atoms with Gasteiger partial charge >= 0.3 is 6.03 Å². The molecule has 0 saturated heterocycles. The molecular weight excluding hydrogens is 490 g/mol. The van der Waals surface area contributed by atoms with Crippen molar-refractivity contribution >= 4 is 17.4 Å². The van der Waals surface area contributed by atoms with Gasteiger partial charge in [0.15, 0.2) is 11.5 Å². The standard InChI is InChI=1S/C32H35N3O4/c1-19(2)24-15-21(16-27-29(24)39-32(5,6)38-27)25-18-35(34-28(25)20-10-8-7-9-11-20)30(36)33-23-12-13-26-22(14-23)17-31(3,4)37-26/h7-16,19,25H,17-18H2,1-6H3,(H,33,36). The summed E-state index contributed by atoms with van der Waals surface area (Å²) in [6.45, 7) is 12.7. The van der Waals surface area contributed by atoms with Gasteiger partial charge in [0.2, 0.25) is 5.79 Å². The molecule has 0 radical (unpaired) electrons. The molecule has 0 spiro atoms. The first-order valence-corrected chi connectivity index (χ1v) is 13.6. The van der Waals surface area contributed by atoms with Gasteiger partial charge in [-0.25, -0.2) is 9.80 Å². The molecule has 1 atom stereocenters. The van der Waals surface area contributed by atoms with Gasteiger partial charge in [-0.1, -0.05) is 50.2 Å². The summed E-state index contributed by atoms with van der Waals surface area (Å²) in [4.78, 5) is 13.5. The highest BCUT2D eigenvalue weighted by Crippen LogP contribution is 2.47. The fourth-order valence-electron chi connectivity index (χ4n) is 5.63. The third kappa shape index (κ3) is 4.82. The van der Waals surface area contributed by atoms with Crippen molar-refractivity contribution in [2.45, 2.75) is 71.2 Å². The minimum atomic E-state index is -0.724. The normalized spacial score (nSPS) is 20.0. The molecule has 39 heavy (non-hydrogen) atoms. The second-order valence-electron chi connectivity index (χ2n) is 12.0. The summed E-state index contributed by atoms with van der Waals surface area (Å²) in [6.07, 6.45) is 0.799. The van der Waals surface area contributed by atoms with E-state index in [-0.39, 0.29) is 23.5 Å². The Kier molecular flexibility index (Phi) is 5.86. The molecule has 0 saturated carbocycles.